The minimum Gasteiger partial charge on any atom is -0.487 e. The Kier molecular flexibility index (Phi) is 5.59. The number of nitrogens with one attached hydrogen (secondary N) is 1. The monoisotopic (exact) mass is 398 g/mol. The Bertz CT molecular complexity index is 966. The third kappa shape index (κ3) is 4.47. The highest BCUT2D eigenvalue weighted by molar-refractivity contribution is 5.92. The number of carbonyl (C=O) groups excluding carboxylic acids is 1. The molecule has 1 aliphatic heterocycles. The van der Waals surface area contributed by atoms with Gasteiger partial charge in [-0.2, -0.15) is 5.10 Å². The number of amides is 1. The van der Waals surface area contributed by atoms with Crippen LogP contribution in [0.5, 0.6) is 5.75 Å². The van der Waals surface area contributed by atoms with Gasteiger partial charge in [0.25, 0.3) is 5.91 Å². The first-order valence-corrected chi connectivity index (χ1v) is 9.79. The second kappa shape index (κ2) is 8.46. The van der Waals surface area contributed by atoms with Crippen molar-refractivity contribution in [3.8, 4) is 5.75 Å². The predicted molar refractivity (Wildman–Crippen MR) is 103 cm³/mol. The van der Waals surface area contributed by atoms with Crippen molar-refractivity contribution in [1.82, 2.24) is 20.3 Å². The summed E-state index contributed by atoms with van der Waals surface area (Å²) in [6.07, 6.45) is 2.56. The number of hydrogen-bond donors (Lipinski definition) is 1. The highest BCUT2D eigenvalue weighted by Gasteiger charge is 2.30. The summed E-state index contributed by atoms with van der Waals surface area (Å²) in [5.41, 5.74) is 2.10. The zero-order valence-corrected chi connectivity index (χ0v) is 16.2. The van der Waals surface area contributed by atoms with Crippen molar-refractivity contribution >= 4 is 5.91 Å². The topological polar surface area (TPSA) is 84.2 Å². The number of benzene rings is 1. The van der Waals surface area contributed by atoms with E-state index in [0.29, 0.717) is 31.1 Å². The van der Waals surface area contributed by atoms with Crippen LogP contribution in [0.3, 0.4) is 0 Å². The van der Waals surface area contributed by atoms with E-state index in [4.69, 9.17) is 9.26 Å². The van der Waals surface area contributed by atoms with E-state index < -0.39 is 0 Å². The third-order valence-corrected chi connectivity index (χ3v) is 5.03. The van der Waals surface area contributed by atoms with Gasteiger partial charge in [0.2, 0.25) is 0 Å². The van der Waals surface area contributed by atoms with Crippen LogP contribution in [-0.2, 0) is 13.0 Å². The lowest BCUT2D eigenvalue weighted by atomic mass is 10.1. The Morgan fingerprint density at radius 1 is 1.34 bits per heavy atom. The molecule has 29 heavy (non-hydrogen) atoms. The highest BCUT2D eigenvalue weighted by atomic mass is 19.1. The summed E-state index contributed by atoms with van der Waals surface area (Å²) in [6, 6.07) is 9.58. The van der Waals surface area contributed by atoms with E-state index in [1.165, 1.54) is 12.1 Å². The van der Waals surface area contributed by atoms with Crippen LogP contribution in [0.25, 0.3) is 0 Å². The first kappa shape index (κ1) is 19.2. The summed E-state index contributed by atoms with van der Waals surface area (Å²) >= 11 is 0. The number of hydrogen-bond acceptors (Lipinski definition) is 5. The van der Waals surface area contributed by atoms with Gasteiger partial charge in [-0.15, -0.1) is 0 Å². The maximum Gasteiger partial charge on any atom is 0.276 e. The van der Waals surface area contributed by atoms with E-state index in [1.54, 1.807) is 23.1 Å². The second-order valence-electron chi connectivity index (χ2n) is 7.23. The number of likely N-dealkylation sites (tertiary alicyclic amines) is 1. The maximum atomic E-state index is 12.9. The van der Waals surface area contributed by atoms with E-state index in [0.717, 1.165) is 36.4 Å². The molecule has 1 atom stereocenters. The first-order valence-electron chi connectivity index (χ1n) is 9.79. The van der Waals surface area contributed by atoms with Gasteiger partial charge >= 0.3 is 0 Å². The molecule has 1 N–H and O–H groups in total. The van der Waals surface area contributed by atoms with Crippen LogP contribution < -0.4 is 4.74 Å². The summed E-state index contributed by atoms with van der Waals surface area (Å²) in [5, 5.41) is 11.3. The molecule has 8 heteroatoms. The van der Waals surface area contributed by atoms with E-state index in [-0.39, 0.29) is 17.6 Å². The molecule has 3 aromatic rings. The molecular formula is C21H23FN4O3. The van der Waals surface area contributed by atoms with Gasteiger partial charge in [-0.3, -0.25) is 9.89 Å². The molecule has 1 saturated heterocycles. The molecule has 0 saturated carbocycles. The maximum absolute atomic E-state index is 12.9. The number of aromatic amines is 1. The van der Waals surface area contributed by atoms with Gasteiger partial charge in [0.05, 0.1) is 11.4 Å². The molecule has 0 unspecified atom stereocenters. The van der Waals surface area contributed by atoms with E-state index in [1.807, 2.05) is 6.07 Å². The molecule has 1 amide bonds. The van der Waals surface area contributed by atoms with E-state index in [2.05, 4.69) is 22.3 Å². The van der Waals surface area contributed by atoms with Gasteiger partial charge in [0.15, 0.2) is 5.69 Å². The molecule has 0 aliphatic carbocycles. The Labute approximate surface area is 167 Å². The second-order valence-corrected chi connectivity index (χ2v) is 7.23. The van der Waals surface area contributed by atoms with Crippen molar-refractivity contribution in [2.24, 2.45) is 0 Å². The van der Waals surface area contributed by atoms with Crippen LogP contribution in [0, 0.1) is 5.82 Å². The SMILES string of the molecule is CCCc1cc(C(=O)N2CC[C@@H](c3cc(COc4ccc(F)cc4)[nH]n3)C2)no1. The summed E-state index contributed by atoms with van der Waals surface area (Å²) in [6.45, 7) is 3.62. The lowest BCUT2D eigenvalue weighted by Crippen LogP contribution is -2.28. The number of aryl methyl sites for hydroxylation is 1. The van der Waals surface area contributed by atoms with Crippen LogP contribution in [-0.4, -0.2) is 39.3 Å². The zero-order chi connectivity index (χ0) is 20.2. The van der Waals surface area contributed by atoms with Gasteiger partial charge in [0.1, 0.15) is 23.9 Å². The fraction of sp³-hybridized carbons (Fsp3) is 0.381. The van der Waals surface area contributed by atoms with Gasteiger partial charge in [-0.25, -0.2) is 4.39 Å². The number of H-pyrrole nitrogens is 1. The summed E-state index contributed by atoms with van der Waals surface area (Å²) in [7, 11) is 0. The smallest absolute Gasteiger partial charge is 0.276 e. The average Bonchev–Trinajstić information content (AvgIpc) is 3.47. The lowest BCUT2D eigenvalue weighted by Gasteiger charge is -2.13. The summed E-state index contributed by atoms with van der Waals surface area (Å²) < 4.78 is 23.8. The van der Waals surface area contributed by atoms with Crippen LogP contribution >= 0.6 is 0 Å². The summed E-state index contributed by atoms with van der Waals surface area (Å²) in [4.78, 5) is 14.5. The van der Waals surface area contributed by atoms with Gasteiger partial charge in [0, 0.05) is 31.5 Å². The van der Waals surface area contributed by atoms with Crippen molar-refractivity contribution in [1.29, 1.82) is 0 Å². The standard InChI is InChI=1S/C21H23FN4O3/c1-2-3-18-11-20(25-29-18)21(27)26-9-8-14(12-26)19-10-16(23-24-19)13-28-17-6-4-15(22)5-7-17/h4-7,10-11,14H,2-3,8-9,12-13H2,1H3,(H,23,24)/t14-/m1/s1. The molecule has 4 rings (SSSR count). The van der Waals surface area contributed by atoms with Crippen molar-refractivity contribution in [2.45, 2.75) is 38.7 Å². The van der Waals surface area contributed by atoms with E-state index >= 15 is 0 Å². The van der Waals surface area contributed by atoms with Crippen LogP contribution in [0.2, 0.25) is 0 Å². The van der Waals surface area contributed by atoms with Crippen molar-refractivity contribution in [3.63, 3.8) is 0 Å². The zero-order valence-electron chi connectivity index (χ0n) is 16.2. The van der Waals surface area contributed by atoms with Gasteiger partial charge < -0.3 is 14.2 Å². The normalized spacial score (nSPS) is 16.3. The number of ether oxygens (including phenoxy) is 1. The quantitative estimate of drug-likeness (QED) is 0.656. The fourth-order valence-corrected chi connectivity index (χ4v) is 3.48. The number of carbonyl (C=O) groups is 1. The van der Waals surface area contributed by atoms with Crippen LogP contribution in [0.15, 0.2) is 40.9 Å². The number of aromatic nitrogens is 3. The van der Waals surface area contributed by atoms with Crippen LogP contribution in [0.1, 0.15) is 53.3 Å². The minimum atomic E-state index is -0.297. The largest absolute Gasteiger partial charge is 0.487 e. The van der Waals surface area contributed by atoms with E-state index in [9.17, 15) is 9.18 Å². The molecule has 3 heterocycles. The molecule has 7 nitrogen and oxygen atoms in total. The van der Waals surface area contributed by atoms with Gasteiger partial charge in [-0.1, -0.05) is 12.1 Å². The molecule has 152 valence electrons. The Hall–Kier alpha value is -3.16. The molecule has 1 aliphatic rings. The lowest BCUT2D eigenvalue weighted by molar-refractivity contribution is 0.0780. The molecule has 2 aromatic heterocycles. The Morgan fingerprint density at radius 2 is 2.17 bits per heavy atom. The number of rotatable bonds is 7. The molecule has 0 bridgehead atoms. The molecule has 1 aromatic carbocycles. The van der Waals surface area contributed by atoms with Crippen molar-refractivity contribution < 1.29 is 18.4 Å². The number of nitrogens with zero attached hydrogens (tertiary/aromatic N) is 3. The predicted octanol–water partition coefficient (Wildman–Crippen LogP) is 3.70. The third-order valence-electron chi connectivity index (χ3n) is 5.03. The first-order chi connectivity index (χ1) is 14.1. The minimum absolute atomic E-state index is 0.103. The average molecular weight is 398 g/mol. The molecule has 1 fully saturated rings. The summed E-state index contributed by atoms with van der Waals surface area (Å²) in [5.74, 6) is 1.10. The van der Waals surface area contributed by atoms with Crippen molar-refractivity contribution in [3.05, 3.63) is 65.1 Å². The molecule has 0 spiro atoms. The molecular weight excluding hydrogens is 375 g/mol. The van der Waals surface area contributed by atoms with Crippen molar-refractivity contribution in [2.75, 3.05) is 13.1 Å². The Morgan fingerprint density at radius 3 is 2.97 bits per heavy atom. The van der Waals surface area contributed by atoms with Crippen LogP contribution in [0.4, 0.5) is 4.39 Å². The van der Waals surface area contributed by atoms with Gasteiger partial charge in [-0.05, 0) is 43.2 Å². The molecule has 0 radical (unpaired) electrons. The highest BCUT2D eigenvalue weighted by Crippen LogP contribution is 2.27. The fourth-order valence-electron chi connectivity index (χ4n) is 3.48. The Balaban J connectivity index is 1.33. The number of halogens is 1.